The second-order valence-electron chi connectivity index (χ2n) is 7.45. The molecule has 0 aliphatic heterocycles. The number of nitrogens with zero attached hydrogens (tertiary/aromatic N) is 3. The van der Waals surface area contributed by atoms with Gasteiger partial charge in [0.05, 0.1) is 5.02 Å². The first kappa shape index (κ1) is 23.3. The molecule has 32 heavy (non-hydrogen) atoms. The van der Waals surface area contributed by atoms with E-state index in [2.05, 4.69) is 20.3 Å². The summed E-state index contributed by atoms with van der Waals surface area (Å²) in [6.45, 7) is 1.41. The fourth-order valence-electron chi connectivity index (χ4n) is 2.61. The predicted octanol–water partition coefficient (Wildman–Crippen LogP) is 4.47. The van der Waals surface area contributed by atoms with Crippen molar-refractivity contribution in [1.82, 2.24) is 20.3 Å². The topological polar surface area (TPSA) is 108 Å². The van der Waals surface area contributed by atoms with Gasteiger partial charge in [0, 0.05) is 17.7 Å². The molecule has 0 bridgehead atoms. The number of rotatable bonds is 5. The van der Waals surface area contributed by atoms with Crippen LogP contribution in [0.4, 0.5) is 13.2 Å². The number of phenols is 1. The van der Waals surface area contributed by atoms with Gasteiger partial charge in [-0.25, -0.2) is 4.98 Å². The molecule has 1 amide bonds. The van der Waals surface area contributed by atoms with Crippen molar-refractivity contribution in [2.75, 3.05) is 0 Å². The van der Waals surface area contributed by atoms with E-state index in [-0.39, 0.29) is 34.5 Å². The third-order valence-electron chi connectivity index (χ3n) is 4.75. The lowest BCUT2D eigenvalue weighted by Crippen LogP contribution is -2.46. The third-order valence-corrected chi connectivity index (χ3v) is 5.08. The van der Waals surface area contributed by atoms with E-state index in [1.807, 2.05) is 0 Å². The Balaban J connectivity index is 1.89. The van der Waals surface area contributed by atoms with Crippen molar-refractivity contribution in [2.24, 2.45) is 5.41 Å². The highest BCUT2D eigenvalue weighted by atomic mass is 35.5. The lowest BCUT2D eigenvalue weighted by atomic mass is 9.91. The standard InChI is InChI=1S/C21H18ClF3N4O3/c1-20(2,21(23,24)25)18(31)26-10-11-3-8-15(22)14(9-11)17-27-16(28-19(32)29-17)12-4-6-13(30)7-5-12/h3-9,30H,10H2,1-2H3,(H,26,31)(H,27,28,29,32). The molecule has 1 aromatic heterocycles. The van der Waals surface area contributed by atoms with Crippen molar-refractivity contribution in [1.29, 1.82) is 0 Å². The number of benzene rings is 2. The van der Waals surface area contributed by atoms with Gasteiger partial charge in [-0.3, -0.25) is 4.79 Å². The number of amides is 1. The summed E-state index contributed by atoms with van der Waals surface area (Å²) >= 11 is 6.25. The predicted molar refractivity (Wildman–Crippen MR) is 111 cm³/mol. The average molecular weight is 467 g/mol. The number of halogens is 4. The molecule has 0 saturated carbocycles. The molecule has 2 aromatic carbocycles. The molecule has 168 valence electrons. The van der Waals surface area contributed by atoms with Gasteiger partial charge >= 0.3 is 12.2 Å². The van der Waals surface area contributed by atoms with Crippen LogP contribution in [0.2, 0.25) is 5.02 Å². The van der Waals surface area contributed by atoms with Crippen LogP contribution in [0, 0.1) is 5.41 Å². The highest BCUT2D eigenvalue weighted by Gasteiger charge is 2.52. The summed E-state index contributed by atoms with van der Waals surface area (Å²) < 4.78 is 39.1. The van der Waals surface area contributed by atoms with E-state index in [1.165, 1.54) is 30.3 Å². The first-order valence-electron chi connectivity index (χ1n) is 9.27. The van der Waals surface area contributed by atoms with E-state index < -0.39 is 23.5 Å². The monoisotopic (exact) mass is 466 g/mol. The highest BCUT2D eigenvalue weighted by molar-refractivity contribution is 6.33. The van der Waals surface area contributed by atoms with Crippen LogP contribution < -0.4 is 5.32 Å². The van der Waals surface area contributed by atoms with Crippen LogP contribution in [0.15, 0.2) is 42.5 Å². The summed E-state index contributed by atoms with van der Waals surface area (Å²) in [5, 5.41) is 21.9. The van der Waals surface area contributed by atoms with E-state index in [4.69, 9.17) is 11.6 Å². The molecule has 11 heteroatoms. The average Bonchev–Trinajstić information content (AvgIpc) is 2.72. The molecule has 7 nitrogen and oxygen atoms in total. The summed E-state index contributed by atoms with van der Waals surface area (Å²) in [6, 6.07) is 9.89. The first-order chi connectivity index (χ1) is 14.9. The van der Waals surface area contributed by atoms with E-state index in [0.29, 0.717) is 11.1 Å². The lowest BCUT2D eigenvalue weighted by molar-refractivity contribution is -0.211. The Morgan fingerprint density at radius 2 is 1.62 bits per heavy atom. The second kappa shape index (κ2) is 8.62. The summed E-state index contributed by atoms with van der Waals surface area (Å²) in [6.07, 6.45) is -4.70. The Bertz CT molecular complexity index is 1150. The van der Waals surface area contributed by atoms with Crippen molar-refractivity contribution in [3.63, 3.8) is 0 Å². The van der Waals surface area contributed by atoms with Gasteiger partial charge in [-0.2, -0.15) is 23.1 Å². The molecule has 1 heterocycles. The number of nitrogens with one attached hydrogen (secondary N) is 1. The maximum Gasteiger partial charge on any atom is 0.402 e. The second-order valence-corrected chi connectivity index (χ2v) is 7.86. The van der Waals surface area contributed by atoms with E-state index in [9.17, 15) is 28.2 Å². The molecule has 3 N–H and O–H groups in total. The fourth-order valence-corrected chi connectivity index (χ4v) is 2.81. The van der Waals surface area contributed by atoms with Crippen molar-refractivity contribution < 1.29 is 28.2 Å². The molecule has 3 rings (SSSR count). The van der Waals surface area contributed by atoms with Gasteiger partial charge in [-0.1, -0.05) is 17.7 Å². The van der Waals surface area contributed by atoms with E-state index >= 15 is 0 Å². The molecule has 0 saturated heterocycles. The Hall–Kier alpha value is -3.40. The molecule has 0 atom stereocenters. The number of alkyl halides is 3. The van der Waals surface area contributed by atoms with Gasteiger partial charge < -0.3 is 15.5 Å². The highest BCUT2D eigenvalue weighted by Crippen LogP contribution is 2.37. The van der Waals surface area contributed by atoms with Crippen LogP contribution in [-0.2, 0) is 11.3 Å². The molecule has 3 aromatic rings. The van der Waals surface area contributed by atoms with Crippen LogP contribution in [0.3, 0.4) is 0 Å². The number of carbonyl (C=O) groups is 1. The molecule has 0 radical (unpaired) electrons. The maximum absolute atomic E-state index is 13.0. The van der Waals surface area contributed by atoms with Crippen LogP contribution in [0.25, 0.3) is 22.8 Å². The van der Waals surface area contributed by atoms with Crippen LogP contribution in [0.1, 0.15) is 19.4 Å². The van der Waals surface area contributed by atoms with Gasteiger partial charge in [0.1, 0.15) is 11.2 Å². The minimum absolute atomic E-state index is 0.0226. The number of hydrogen-bond donors (Lipinski definition) is 3. The molecule has 0 aliphatic rings. The van der Waals surface area contributed by atoms with Crippen molar-refractivity contribution >= 4 is 17.5 Å². The molecule has 0 spiro atoms. The summed E-state index contributed by atoms with van der Waals surface area (Å²) in [5.41, 5.74) is -1.33. The van der Waals surface area contributed by atoms with Gasteiger partial charge in [0.2, 0.25) is 5.91 Å². The SMILES string of the molecule is CC(C)(C(=O)NCc1ccc(Cl)c(-c2nc(O)nc(-c3ccc(O)cc3)n2)c1)C(F)(F)F. The van der Waals surface area contributed by atoms with Gasteiger partial charge in [-0.05, 0) is 55.8 Å². The number of aromatic hydroxyl groups is 2. The number of carbonyl (C=O) groups excluding carboxylic acids is 1. The Kier molecular flexibility index (Phi) is 6.27. The molecule has 0 unspecified atom stereocenters. The Morgan fingerprint density at radius 1 is 1.00 bits per heavy atom. The minimum atomic E-state index is -4.70. The minimum Gasteiger partial charge on any atom is -0.508 e. The smallest absolute Gasteiger partial charge is 0.402 e. The first-order valence-corrected chi connectivity index (χ1v) is 9.64. The Morgan fingerprint density at radius 3 is 2.25 bits per heavy atom. The number of aromatic nitrogens is 3. The summed E-state index contributed by atoms with van der Waals surface area (Å²) in [7, 11) is 0. The van der Waals surface area contributed by atoms with E-state index in [0.717, 1.165) is 13.8 Å². The molecular formula is C21H18ClF3N4O3. The molecular weight excluding hydrogens is 449 g/mol. The quantitative estimate of drug-likeness (QED) is 0.512. The van der Waals surface area contributed by atoms with Gasteiger partial charge in [0.25, 0.3) is 0 Å². The summed E-state index contributed by atoms with van der Waals surface area (Å²) in [4.78, 5) is 24.1. The van der Waals surface area contributed by atoms with E-state index in [1.54, 1.807) is 12.1 Å². The zero-order valence-corrected chi connectivity index (χ0v) is 17.7. The third kappa shape index (κ3) is 4.91. The fraction of sp³-hybridized carbons (Fsp3) is 0.238. The summed E-state index contributed by atoms with van der Waals surface area (Å²) in [5.74, 6) is -0.990. The van der Waals surface area contributed by atoms with Gasteiger partial charge in [-0.15, -0.1) is 0 Å². The van der Waals surface area contributed by atoms with Gasteiger partial charge in [0.15, 0.2) is 11.6 Å². The zero-order chi connectivity index (χ0) is 23.7. The van der Waals surface area contributed by atoms with Crippen LogP contribution in [-0.4, -0.2) is 37.2 Å². The van der Waals surface area contributed by atoms with Crippen LogP contribution >= 0.6 is 11.6 Å². The Labute approximate surface area is 185 Å². The molecule has 0 fully saturated rings. The van der Waals surface area contributed by atoms with Crippen molar-refractivity contribution in [2.45, 2.75) is 26.6 Å². The molecule has 0 aliphatic carbocycles. The maximum atomic E-state index is 13.0. The zero-order valence-electron chi connectivity index (χ0n) is 16.9. The van der Waals surface area contributed by atoms with Crippen LogP contribution in [0.5, 0.6) is 11.8 Å². The normalized spacial score (nSPS) is 11.9. The number of hydrogen-bond acceptors (Lipinski definition) is 6. The number of phenolic OH excluding ortho intramolecular Hbond substituents is 1. The van der Waals surface area contributed by atoms with Crippen molar-refractivity contribution in [3.05, 3.63) is 53.1 Å². The largest absolute Gasteiger partial charge is 0.508 e. The lowest BCUT2D eigenvalue weighted by Gasteiger charge is -2.26. The van der Waals surface area contributed by atoms with Crippen molar-refractivity contribution in [3.8, 4) is 34.5 Å².